The number of rotatable bonds is 4. The summed E-state index contributed by atoms with van der Waals surface area (Å²) in [6.45, 7) is 0. The number of aromatic nitrogens is 2. The highest BCUT2D eigenvalue weighted by Gasteiger charge is 2.15. The summed E-state index contributed by atoms with van der Waals surface area (Å²) in [5.41, 5.74) is -0.153. The van der Waals surface area contributed by atoms with Gasteiger partial charge in [-0.1, -0.05) is 18.2 Å². The van der Waals surface area contributed by atoms with E-state index < -0.39 is 17.7 Å². The number of anilines is 1. The van der Waals surface area contributed by atoms with E-state index in [9.17, 15) is 14.0 Å². The van der Waals surface area contributed by atoms with Gasteiger partial charge in [-0.3, -0.25) is 4.79 Å². The highest BCUT2D eigenvalue weighted by atomic mass is 19.1. The lowest BCUT2D eigenvalue weighted by atomic mass is 10.1. The van der Waals surface area contributed by atoms with Gasteiger partial charge in [-0.05, 0) is 11.6 Å². The van der Waals surface area contributed by atoms with Gasteiger partial charge < -0.3 is 10.4 Å². The Hall–Kier alpha value is -2.83. The van der Waals surface area contributed by atoms with Gasteiger partial charge in [0.25, 0.3) is 0 Å². The number of nitrogens with one attached hydrogen (secondary N) is 1. The van der Waals surface area contributed by atoms with Gasteiger partial charge in [0.1, 0.15) is 5.82 Å². The van der Waals surface area contributed by atoms with E-state index in [1.807, 2.05) is 0 Å². The summed E-state index contributed by atoms with van der Waals surface area (Å²) in [5.74, 6) is -2.54. The third-order valence-corrected chi connectivity index (χ3v) is 2.47. The first kappa shape index (κ1) is 13.6. The molecule has 0 aliphatic carbocycles. The zero-order valence-electron chi connectivity index (χ0n) is 10.2. The third kappa shape index (κ3) is 3.14. The zero-order valence-corrected chi connectivity index (χ0v) is 10.2. The van der Waals surface area contributed by atoms with Crippen molar-refractivity contribution in [3.8, 4) is 0 Å². The molecule has 7 heteroatoms. The summed E-state index contributed by atoms with van der Waals surface area (Å²) in [6, 6.07) is 5.84. The first-order valence-electron chi connectivity index (χ1n) is 5.65. The number of halogens is 1. The molecule has 0 radical (unpaired) electrons. The summed E-state index contributed by atoms with van der Waals surface area (Å²) in [7, 11) is 0. The maximum Gasteiger partial charge on any atom is 0.358 e. The second-order valence-corrected chi connectivity index (χ2v) is 3.88. The number of aromatic carboxylic acids is 1. The van der Waals surface area contributed by atoms with Crippen molar-refractivity contribution in [1.82, 2.24) is 9.97 Å². The highest BCUT2D eigenvalue weighted by molar-refractivity contribution is 5.98. The SMILES string of the molecule is O=C(Cc1ccccc1F)Nc1nccnc1C(=O)O. The van der Waals surface area contributed by atoms with E-state index in [4.69, 9.17) is 5.11 Å². The molecule has 1 aromatic carbocycles. The highest BCUT2D eigenvalue weighted by Crippen LogP contribution is 2.11. The molecule has 102 valence electrons. The maximum absolute atomic E-state index is 13.4. The molecule has 0 atom stereocenters. The fraction of sp³-hybridized carbons (Fsp3) is 0.0769. The monoisotopic (exact) mass is 275 g/mol. The van der Waals surface area contributed by atoms with E-state index in [-0.39, 0.29) is 23.5 Å². The van der Waals surface area contributed by atoms with Crippen LogP contribution in [0.25, 0.3) is 0 Å². The maximum atomic E-state index is 13.4. The number of carboxylic acid groups (broad SMARTS) is 1. The lowest BCUT2D eigenvalue weighted by Crippen LogP contribution is -2.19. The van der Waals surface area contributed by atoms with Crippen molar-refractivity contribution in [3.05, 3.63) is 53.7 Å². The minimum absolute atomic E-state index is 0.165. The zero-order chi connectivity index (χ0) is 14.5. The largest absolute Gasteiger partial charge is 0.476 e. The van der Waals surface area contributed by atoms with Gasteiger partial charge in [0.05, 0.1) is 6.42 Å². The summed E-state index contributed by atoms with van der Waals surface area (Å²) in [5, 5.41) is 11.2. The van der Waals surface area contributed by atoms with Crippen molar-refractivity contribution in [2.75, 3.05) is 5.32 Å². The van der Waals surface area contributed by atoms with Crippen LogP contribution in [0.4, 0.5) is 10.2 Å². The van der Waals surface area contributed by atoms with Crippen molar-refractivity contribution in [1.29, 1.82) is 0 Å². The quantitative estimate of drug-likeness (QED) is 0.882. The molecule has 1 heterocycles. The molecule has 0 saturated carbocycles. The van der Waals surface area contributed by atoms with Crippen LogP contribution in [-0.2, 0) is 11.2 Å². The number of carboxylic acids is 1. The predicted octanol–water partition coefficient (Wildman–Crippen LogP) is 1.50. The summed E-state index contributed by atoms with van der Waals surface area (Å²) < 4.78 is 13.4. The Morgan fingerprint density at radius 3 is 2.60 bits per heavy atom. The molecule has 0 bridgehead atoms. The number of hydrogen-bond acceptors (Lipinski definition) is 4. The van der Waals surface area contributed by atoms with E-state index in [1.165, 1.54) is 30.6 Å². The minimum atomic E-state index is -1.31. The van der Waals surface area contributed by atoms with Gasteiger partial charge in [0.15, 0.2) is 11.5 Å². The van der Waals surface area contributed by atoms with E-state index in [2.05, 4.69) is 15.3 Å². The molecule has 0 fully saturated rings. The molecule has 0 unspecified atom stereocenters. The van der Waals surface area contributed by atoms with E-state index >= 15 is 0 Å². The van der Waals surface area contributed by atoms with Crippen LogP contribution >= 0.6 is 0 Å². The molecule has 2 rings (SSSR count). The lowest BCUT2D eigenvalue weighted by molar-refractivity contribution is -0.115. The summed E-state index contributed by atoms with van der Waals surface area (Å²) in [6.07, 6.45) is 2.24. The van der Waals surface area contributed by atoms with E-state index in [1.54, 1.807) is 6.07 Å². The first-order chi connectivity index (χ1) is 9.58. The van der Waals surface area contributed by atoms with Gasteiger partial charge >= 0.3 is 5.97 Å². The molecule has 0 saturated heterocycles. The molecule has 20 heavy (non-hydrogen) atoms. The predicted molar refractivity (Wildman–Crippen MR) is 67.7 cm³/mol. The molecular formula is C13H10FN3O3. The van der Waals surface area contributed by atoms with Crippen LogP contribution in [0.2, 0.25) is 0 Å². The first-order valence-corrected chi connectivity index (χ1v) is 5.65. The van der Waals surface area contributed by atoms with E-state index in [0.717, 1.165) is 0 Å². The van der Waals surface area contributed by atoms with Crippen molar-refractivity contribution in [2.45, 2.75) is 6.42 Å². The average molecular weight is 275 g/mol. The van der Waals surface area contributed by atoms with Crippen LogP contribution in [0.15, 0.2) is 36.7 Å². The molecule has 0 aliphatic heterocycles. The standard InChI is InChI=1S/C13H10FN3O3/c14-9-4-2-1-3-8(9)7-10(18)17-12-11(13(19)20)15-5-6-16-12/h1-6H,7H2,(H,19,20)(H,16,17,18). The molecule has 6 nitrogen and oxygen atoms in total. The smallest absolute Gasteiger partial charge is 0.358 e. The second kappa shape index (κ2) is 5.87. The fourth-order valence-corrected chi connectivity index (χ4v) is 1.58. The molecule has 1 aromatic heterocycles. The molecular weight excluding hydrogens is 265 g/mol. The Morgan fingerprint density at radius 1 is 1.20 bits per heavy atom. The Kier molecular flexibility index (Phi) is 3.99. The average Bonchev–Trinajstić information content (AvgIpc) is 2.41. The summed E-state index contributed by atoms with van der Waals surface area (Å²) >= 11 is 0. The number of carbonyl (C=O) groups is 2. The van der Waals surface area contributed by atoms with Gasteiger partial charge in [-0.15, -0.1) is 0 Å². The Bertz CT molecular complexity index is 661. The van der Waals surface area contributed by atoms with Crippen molar-refractivity contribution >= 4 is 17.7 Å². The molecule has 0 spiro atoms. The Balaban J connectivity index is 2.13. The van der Waals surface area contributed by atoms with Crippen LogP contribution in [0.1, 0.15) is 16.1 Å². The minimum Gasteiger partial charge on any atom is -0.476 e. The summed E-state index contributed by atoms with van der Waals surface area (Å²) in [4.78, 5) is 30.0. The van der Waals surface area contributed by atoms with Gasteiger partial charge in [-0.25, -0.2) is 19.2 Å². The van der Waals surface area contributed by atoms with Gasteiger partial charge in [0, 0.05) is 12.4 Å². The molecule has 2 N–H and O–H groups in total. The van der Waals surface area contributed by atoms with Gasteiger partial charge in [0.2, 0.25) is 5.91 Å². The lowest BCUT2D eigenvalue weighted by Gasteiger charge is -2.06. The number of carbonyl (C=O) groups excluding carboxylic acids is 1. The number of hydrogen-bond donors (Lipinski definition) is 2. The number of amides is 1. The molecule has 2 aromatic rings. The third-order valence-electron chi connectivity index (χ3n) is 2.47. The van der Waals surface area contributed by atoms with Crippen LogP contribution in [0, 0.1) is 5.82 Å². The Labute approximate surface area is 113 Å². The number of benzene rings is 1. The molecule has 1 amide bonds. The van der Waals surface area contributed by atoms with E-state index in [0.29, 0.717) is 0 Å². The van der Waals surface area contributed by atoms with Crippen molar-refractivity contribution in [2.24, 2.45) is 0 Å². The topological polar surface area (TPSA) is 92.2 Å². The van der Waals surface area contributed by atoms with Crippen molar-refractivity contribution in [3.63, 3.8) is 0 Å². The van der Waals surface area contributed by atoms with Crippen LogP contribution in [0.5, 0.6) is 0 Å². The number of nitrogens with zero attached hydrogens (tertiary/aromatic N) is 2. The second-order valence-electron chi connectivity index (χ2n) is 3.88. The molecule has 0 aliphatic rings. The van der Waals surface area contributed by atoms with Crippen molar-refractivity contribution < 1.29 is 19.1 Å². The fourth-order valence-electron chi connectivity index (χ4n) is 1.58. The van der Waals surface area contributed by atoms with Crippen LogP contribution in [-0.4, -0.2) is 27.0 Å². The normalized spacial score (nSPS) is 10.1. The Morgan fingerprint density at radius 2 is 1.90 bits per heavy atom. The van der Waals surface area contributed by atoms with Crippen LogP contribution in [0.3, 0.4) is 0 Å². The van der Waals surface area contributed by atoms with Gasteiger partial charge in [-0.2, -0.15) is 0 Å². The van der Waals surface area contributed by atoms with Crippen LogP contribution < -0.4 is 5.32 Å².